The summed E-state index contributed by atoms with van der Waals surface area (Å²) < 4.78 is 0. The summed E-state index contributed by atoms with van der Waals surface area (Å²) in [6, 6.07) is 10.1. The average Bonchev–Trinajstić information content (AvgIpc) is 2.38. The van der Waals surface area contributed by atoms with E-state index in [9.17, 15) is 4.79 Å². The predicted molar refractivity (Wildman–Crippen MR) is 61.5 cm³/mol. The molecule has 0 aliphatic carbocycles. The molecule has 0 aliphatic rings. The summed E-state index contributed by atoms with van der Waals surface area (Å²) in [6.45, 7) is 0.00297. The minimum absolute atomic E-state index is 0.0696. The molecule has 0 saturated heterocycles. The smallest absolute Gasteiger partial charge is 0.255 e. The summed E-state index contributed by atoms with van der Waals surface area (Å²) in [4.78, 5) is 13.2. The highest BCUT2D eigenvalue weighted by Crippen LogP contribution is 2.07. The number of carbonyl (C=O) groups excluding carboxylic acids is 1. The quantitative estimate of drug-likeness (QED) is 0.570. The van der Waals surface area contributed by atoms with Gasteiger partial charge in [0.1, 0.15) is 6.54 Å². The lowest BCUT2D eigenvalue weighted by atomic mass is 10.1. The molecule has 82 valence electrons. The zero-order valence-corrected chi connectivity index (χ0v) is 9.05. The van der Waals surface area contributed by atoms with E-state index in [4.69, 9.17) is 16.9 Å². The molecule has 4 heteroatoms. The number of amides is 1. The Morgan fingerprint density at radius 2 is 2.12 bits per heavy atom. The van der Waals surface area contributed by atoms with Crippen LogP contribution in [-0.2, 0) is 0 Å². The molecule has 0 unspecified atom stereocenters. The largest absolute Gasteiger partial charge is 0.314 e. The van der Waals surface area contributed by atoms with Gasteiger partial charge >= 0.3 is 0 Å². The van der Waals surface area contributed by atoms with Crippen LogP contribution in [0.25, 0.3) is 0 Å². The van der Waals surface area contributed by atoms with E-state index < -0.39 is 0 Å². The highest BCUT2D eigenvalue weighted by molar-refractivity contribution is 5.94. The number of hydrogen-bond donors (Lipinski definition) is 0. The predicted octanol–water partition coefficient (Wildman–Crippen LogP) is 1.16. The van der Waals surface area contributed by atoms with E-state index in [1.54, 1.807) is 18.2 Å². The van der Waals surface area contributed by atoms with Crippen molar-refractivity contribution in [3.05, 3.63) is 35.4 Å². The van der Waals surface area contributed by atoms with Crippen molar-refractivity contribution in [2.24, 2.45) is 0 Å². The number of hydrogen-bond acceptors (Lipinski definition) is 3. The van der Waals surface area contributed by atoms with Crippen molar-refractivity contribution in [2.75, 3.05) is 13.1 Å². The maximum atomic E-state index is 12.0. The number of benzene rings is 1. The Kier molecular flexibility index (Phi) is 4.31. The molecule has 0 fully saturated rings. The van der Waals surface area contributed by atoms with Crippen molar-refractivity contribution in [3.63, 3.8) is 0 Å². The van der Waals surface area contributed by atoms with Gasteiger partial charge in [-0.3, -0.25) is 4.79 Å². The topological polar surface area (TPSA) is 67.9 Å². The summed E-state index contributed by atoms with van der Waals surface area (Å²) in [5, 5.41) is 17.3. The Bertz CT molecular complexity index is 527. The Labute approximate surface area is 99.7 Å². The minimum atomic E-state index is -0.346. The molecule has 0 aliphatic heterocycles. The summed E-state index contributed by atoms with van der Waals surface area (Å²) in [7, 11) is 0. The maximum absolute atomic E-state index is 12.0. The fourth-order valence-electron chi connectivity index (χ4n) is 1.30. The lowest BCUT2D eigenvalue weighted by molar-refractivity contribution is 0.0795. The van der Waals surface area contributed by atoms with Gasteiger partial charge in [0.05, 0.1) is 24.2 Å². The van der Waals surface area contributed by atoms with Crippen LogP contribution in [0.15, 0.2) is 24.3 Å². The Morgan fingerprint density at radius 1 is 1.35 bits per heavy atom. The van der Waals surface area contributed by atoms with Crippen LogP contribution >= 0.6 is 0 Å². The van der Waals surface area contributed by atoms with Crippen LogP contribution in [0.3, 0.4) is 0 Å². The van der Waals surface area contributed by atoms with Crippen LogP contribution in [0.5, 0.6) is 0 Å². The molecule has 4 nitrogen and oxygen atoms in total. The lowest BCUT2D eigenvalue weighted by Gasteiger charge is -2.16. The second-order valence-electron chi connectivity index (χ2n) is 3.22. The second kappa shape index (κ2) is 5.95. The van der Waals surface area contributed by atoms with E-state index in [1.165, 1.54) is 11.0 Å². The van der Waals surface area contributed by atoms with E-state index in [0.717, 1.165) is 0 Å². The minimum Gasteiger partial charge on any atom is -0.314 e. The molecule has 0 aromatic heterocycles. The third-order valence-corrected chi connectivity index (χ3v) is 2.07. The average molecular weight is 223 g/mol. The summed E-state index contributed by atoms with van der Waals surface area (Å²) >= 11 is 0. The van der Waals surface area contributed by atoms with Crippen LogP contribution in [0.1, 0.15) is 15.9 Å². The second-order valence-corrected chi connectivity index (χ2v) is 3.22. The van der Waals surface area contributed by atoms with E-state index in [1.807, 2.05) is 12.1 Å². The van der Waals surface area contributed by atoms with Crippen LogP contribution in [0.2, 0.25) is 0 Å². The highest BCUT2D eigenvalue weighted by Gasteiger charge is 2.14. The van der Waals surface area contributed by atoms with E-state index in [-0.39, 0.29) is 19.0 Å². The summed E-state index contributed by atoms with van der Waals surface area (Å²) in [5.74, 6) is 1.98. The van der Waals surface area contributed by atoms with Crippen molar-refractivity contribution in [3.8, 4) is 24.5 Å². The highest BCUT2D eigenvalue weighted by atomic mass is 16.2. The molecule has 0 heterocycles. The molecular weight excluding hydrogens is 214 g/mol. The van der Waals surface area contributed by atoms with Crippen molar-refractivity contribution in [2.45, 2.75) is 0 Å². The molecule has 0 spiro atoms. The maximum Gasteiger partial charge on any atom is 0.255 e. The molecular formula is C13H9N3O. The summed E-state index contributed by atoms with van der Waals surface area (Å²) in [6.07, 6.45) is 5.13. The first-order chi connectivity index (χ1) is 8.22. The number of terminal acetylenes is 1. The fourth-order valence-corrected chi connectivity index (χ4v) is 1.30. The molecule has 1 amide bonds. The zero-order chi connectivity index (χ0) is 12.7. The molecule has 1 rings (SSSR count). The van der Waals surface area contributed by atoms with Gasteiger partial charge in [-0.05, 0) is 18.2 Å². The molecule has 0 atom stereocenters. The molecule has 1 aromatic rings. The molecule has 0 radical (unpaired) electrons. The van der Waals surface area contributed by atoms with Crippen LogP contribution in [-0.4, -0.2) is 23.9 Å². The van der Waals surface area contributed by atoms with Gasteiger partial charge in [-0.1, -0.05) is 12.0 Å². The first-order valence-electron chi connectivity index (χ1n) is 4.82. The zero-order valence-electron chi connectivity index (χ0n) is 9.05. The molecule has 0 N–H and O–H groups in total. The van der Waals surface area contributed by atoms with Gasteiger partial charge in [0, 0.05) is 5.56 Å². The van der Waals surface area contributed by atoms with E-state index >= 15 is 0 Å². The molecule has 0 saturated carbocycles. The molecule has 1 aromatic carbocycles. The molecule has 17 heavy (non-hydrogen) atoms. The number of nitriles is 2. The summed E-state index contributed by atoms with van der Waals surface area (Å²) in [5.41, 5.74) is 0.753. The van der Waals surface area contributed by atoms with Gasteiger partial charge in [-0.2, -0.15) is 10.5 Å². The van der Waals surface area contributed by atoms with Gasteiger partial charge in [0.25, 0.3) is 5.91 Å². The van der Waals surface area contributed by atoms with Crippen molar-refractivity contribution >= 4 is 5.91 Å². The van der Waals surface area contributed by atoms with Crippen molar-refractivity contribution < 1.29 is 4.79 Å². The van der Waals surface area contributed by atoms with Crippen LogP contribution in [0.4, 0.5) is 0 Å². The van der Waals surface area contributed by atoms with Crippen molar-refractivity contribution in [1.29, 1.82) is 10.5 Å². The van der Waals surface area contributed by atoms with Gasteiger partial charge in [-0.15, -0.1) is 6.42 Å². The third kappa shape index (κ3) is 3.09. The SMILES string of the molecule is C#CCN(CC#N)C(=O)c1cccc(C#N)c1. The Morgan fingerprint density at radius 3 is 2.71 bits per heavy atom. The number of nitrogens with zero attached hydrogens (tertiary/aromatic N) is 3. The van der Waals surface area contributed by atoms with Crippen LogP contribution in [0, 0.1) is 35.0 Å². The van der Waals surface area contributed by atoms with E-state index in [0.29, 0.717) is 11.1 Å². The van der Waals surface area contributed by atoms with Gasteiger partial charge in [0.15, 0.2) is 0 Å². The van der Waals surface area contributed by atoms with Gasteiger partial charge in [0.2, 0.25) is 0 Å². The van der Waals surface area contributed by atoms with Gasteiger partial charge < -0.3 is 4.90 Å². The number of carbonyl (C=O) groups is 1. The van der Waals surface area contributed by atoms with Crippen molar-refractivity contribution in [1.82, 2.24) is 4.90 Å². The normalized spacial score (nSPS) is 8.53. The first kappa shape index (κ1) is 12.3. The van der Waals surface area contributed by atoms with E-state index in [2.05, 4.69) is 5.92 Å². The number of rotatable bonds is 3. The first-order valence-corrected chi connectivity index (χ1v) is 4.82. The Balaban J connectivity index is 2.98. The Hall–Kier alpha value is -2.77. The monoisotopic (exact) mass is 223 g/mol. The van der Waals surface area contributed by atoms with Crippen LogP contribution < -0.4 is 0 Å². The fraction of sp³-hybridized carbons (Fsp3) is 0.154. The molecule has 0 bridgehead atoms. The van der Waals surface area contributed by atoms with Gasteiger partial charge in [-0.25, -0.2) is 0 Å². The standard InChI is InChI=1S/C13H9N3O/c1-2-7-16(8-6-14)13(17)12-5-3-4-11(9-12)10-15/h1,3-5,9H,7-8H2. The lowest BCUT2D eigenvalue weighted by Crippen LogP contribution is -2.31. The third-order valence-electron chi connectivity index (χ3n) is 2.07.